The van der Waals surface area contributed by atoms with Crippen molar-refractivity contribution in [1.82, 2.24) is 4.90 Å². The zero-order valence-electron chi connectivity index (χ0n) is 12.9. The Morgan fingerprint density at radius 1 is 1.36 bits per heavy atom. The molecular weight excluding hydrogens is 306 g/mol. The molecule has 2 heterocycles. The van der Waals surface area contributed by atoms with Gasteiger partial charge >= 0.3 is 0 Å². The summed E-state index contributed by atoms with van der Waals surface area (Å²) in [4.78, 5) is 2.32. The Morgan fingerprint density at radius 3 is 3.00 bits per heavy atom. The van der Waals surface area contributed by atoms with Crippen LogP contribution < -0.4 is 14.2 Å². The van der Waals surface area contributed by atoms with E-state index in [-0.39, 0.29) is 19.2 Å². The van der Waals surface area contributed by atoms with Crippen molar-refractivity contribution in [3.05, 3.63) is 18.2 Å². The summed E-state index contributed by atoms with van der Waals surface area (Å²) < 4.78 is 16.2. The lowest BCUT2D eigenvalue weighted by Gasteiger charge is -2.32. The molecule has 0 aromatic heterocycles. The molecule has 2 unspecified atom stereocenters. The minimum atomic E-state index is -0.472. The van der Waals surface area contributed by atoms with E-state index in [0.29, 0.717) is 24.7 Å². The van der Waals surface area contributed by atoms with Gasteiger partial charge in [-0.15, -0.1) is 12.4 Å². The second-order valence-corrected chi connectivity index (χ2v) is 5.99. The van der Waals surface area contributed by atoms with Gasteiger partial charge in [0.25, 0.3) is 0 Å². The first-order valence-corrected chi connectivity index (χ1v) is 7.63. The molecule has 1 fully saturated rings. The average Bonchev–Trinajstić information content (AvgIpc) is 2.92. The predicted molar refractivity (Wildman–Crippen MR) is 86.2 cm³/mol. The highest BCUT2D eigenvalue weighted by molar-refractivity contribution is 5.85. The van der Waals surface area contributed by atoms with Gasteiger partial charge in [0.15, 0.2) is 11.5 Å². The van der Waals surface area contributed by atoms with Crippen LogP contribution in [0.2, 0.25) is 0 Å². The molecule has 2 aliphatic rings. The molecule has 1 aromatic rings. The molecule has 0 radical (unpaired) electrons. The quantitative estimate of drug-likeness (QED) is 0.898. The standard InChI is InChI=1S/C16H23NO4.ClH/c1-12-3-2-6-17(8-12)9-13(18)10-19-14-4-5-15-16(7-14)21-11-20-15;/h4-5,7,12-13,18H,2-3,6,8-11H2,1H3;1H. The minimum absolute atomic E-state index is 0. The SMILES string of the molecule is CC1CCCN(CC(O)COc2ccc3c(c2)OCO3)C1.Cl. The van der Waals surface area contributed by atoms with Gasteiger partial charge in [-0.1, -0.05) is 6.92 Å². The Labute approximate surface area is 137 Å². The summed E-state index contributed by atoms with van der Waals surface area (Å²) in [5, 5.41) is 10.1. The maximum absolute atomic E-state index is 10.1. The fourth-order valence-corrected chi connectivity index (χ4v) is 2.96. The molecule has 1 saturated heterocycles. The molecule has 22 heavy (non-hydrogen) atoms. The van der Waals surface area contributed by atoms with Crippen LogP contribution in [0.5, 0.6) is 17.2 Å². The Bertz CT molecular complexity index is 485. The molecule has 3 rings (SSSR count). The number of nitrogens with zero attached hydrogens (tertiary/aromatic N) is 1. The van der Waals surface area contributed by atoms with E-state index in [2.05, 4.69) is 11.8 Å². The molecule has 5 nitrogen and oxygen atoms in total. The fourth-order valence-electron chi connectivity index (χ4n) is 2.96. The first-order chi connectivity index (χ1) is 10.2. The number of hydrogen-bond donors (Lipinski definition) is 1. The molecular formula is C16H24ClNO4. The van der Waals surface area contributed by atoms with Gasteiger partial charge in [0.1, 0.15) is 18.5 Å². The van der Waals surface area contributed by atoms with E-state index in [9.17, 15) is 5.11 Å². The monoisotopic (exact) mass is 329 g/mol. The van der Waals surface area contributed by atoms with Crippen LogP contribution in [0, 0.1) is 5.92 Å². The van der Waals surface area contributed by atoms with E-state index in [1.165, 1.54) is 12.8 Å². The van der Waals surface area contributed by atoms with E-state index in [1.807, 2.05) is 12.1 Å². The van der Waals surface area contributed by atoms with E-state index in [4.69, 9.17) is 14.2 Å². The smallest absolute Gasteiger partial charge is 0.231 e. The van der Waals surface area contributed by atoms with Gasteiger partial charge in [-0.25, -0.2) is 0 Å². The van der Waals surface area contributed by atoms with Gasteiger partial charge in [0, 0.05) is 19.2 Å². The van der Waals surface area contributed by atoms with Crippen molar-refractivity contribution in [3.8, 4) is 17.2 Å². The van der Waals surface area contributed by atoms with Crippen molar-refractivity contribution < 1.29 is 19.3 Å². The zero-order chi connectivity index (χ0) is 14.7. The Kier molecular flexibility index (Phi) is 6.17. The second kappa shape index (κ2) is 7.90. The van der Waals surface area contributed by atoms with Gasteiger partial charge in [-0.2, -0.15) is 0 Å². The molecule has 0 bridgehead atoms. The molecule has 1 N–H and O–H groups in total. The highest BCUT2D eigenvalue weighted by Crippen LogP contribution is 2.35. The zero-order valence-corrected chi connectivity index (χ0v) is 13.7. The maximum atomic E-state index is 10.1. The van der Waals surface area contributed by atoms with Crippen molar-refractivity contribution in [2.45, 2.75) is 25.9 Å². The van der Waals surface area contributed by atoms with E-state index in [1.54, 1.807) is 6.07 Å². The largest absolute Gasteiger partial charge is 0.491 e. The van der Waals surface area contributed by atoms with Crippen LogP contribution >= 0.6 is 12.4 Å². The lowest BCUT2D eigenvalue weighted by atomic mass is 10.0. The highest BCUT2D eigenvalue weighted by Gasteiger charge is 2.19. The van der Waals surface area contributed by atoms with Gasteiger partial charge in [0.05, 0.1) is 0 Å². The van der Waals surface area contributed by atoms with Crippen molar-refractivity contribution in [2.24, 2.45) is 5.92 Å². The van der Waals surface area contributed by atoms with Gasteiger partial charge < -0.3 is 24.2 Å². The summed E-state index contributed by atoms with van der Waals surface area (Å²) >= 11 is 0. The fraction of sp³-hybridized carbons (Fsp3) is 0.625. The van der Waals surface area contributed by atoms with Crippen LogP contribution in [-0.2, 0) is 0 Å². The third-order valence-corrected chi connectivity index (χ3v) is 4.00. The molecule has 0 amide bonds. The number of rotatable bonds is 5. The predicted octanol–water partition coefficient (Wildman–Crippen LogP) is 2.31. The number of likely N-dealkylation sites (tertiary alicyclic amines) is 1. The van der Waals surface area contributed by atoms with Crippen molar-refractivity contribution >= 4 is 12.4 Å². The topological polar surface area (TPSA) is 51.2 Å². The number of β-amino-alcohol motifs (C(OH)–C–C–N with tert-alkyl or cyclic N) is 1. The number of hydrogen-bond acceptors (Lipinski definition) is 5. The number of piperidine rings is 1. The third-order valence-electron chi connectivity index (χ3n) is 4.00. The second-order valence-electron chi connectivity index (χ2n) is 5.99. The molecule has 0 aliphatic carbocycles. The van der Waals surface area contributed by atoms with Crippen LogP contribution in [0.25, 0.3) is 0 Å². The van der Waals surface area contributed by atoms with Crippen molar-refractivity contribution in [2.75, 3.05) is 33.0 Å². The number of fused-ring (bicyclic) bond motifs is 1. The molecule has 6 heteroatoms. The van der Waals surface area contributed by atoms with E-state index < -0.39 is 6.10 Å². The minimum Gasteiger partial charge on any atom is -0.491 e. The van der Waals surface area contributed by atoms with E-state index >= 15 is 0 Å². The van der Waals surface area contributed by atoms with Gasteiger partial charge in [0.2, 0.25) is 6.79 Å². The Hall–Kier alpha value is -1.17. The summed E-state index contributed by atoms with van der Waals surface area (Å²) in [6, 6.07) is 5.47. The number of aliphatic hydroxyl groups is 1. The summed E-state index contributed by atoms with van der Waals surface area (Å²) in [7, 11) is 0. The molecule has 2 aliphatic heterocycles. The number of aliphatic hydroxyl groups excluding tert-OH is 1. The molecule has 1 aromatic carbocycles. The third kappa shape index (κ3) is 4.41. The first-order valence-electron chi connectivity index (χ1n) is 7.63. The summed E-state index contributed by atoms with van der Waals surface area (Å²) in [5.41, 5.74) is 0. The van der Waals surface area contributed by atoms with Gasteiger partial charge in [-0.05, 0) is 37.4 Å². The van der Waals surface area contributed by atoms with Crippen molar-refractivity contribution in [3.63, 3.8) is 0 Å². The van der Waals surface area contributed by atoms with E-state index in [0.717, 1.165) is 24.8 Å². The lowest BCUT2D eigenvalue weighted by Crippen LogP contribution is -2.41. The van der Waals surface area contributed by atoms with Crippen LogP contribution in [0.3, 0.4) is 0 Å². The van der Waals surface area contributed by atoms with Crippen LogP contribution in [-0.4, -0.2) is 49.1 Å². The number of ether oxygens (including phenoxy) is 3. The molecule has 0 spiro atoms. The average molecular weight is 330 g/mol. The van der Waals surface area contributed by atoms with Gasteiger partial charge in [-0.3, -0.25) is 0 Å². The molecule has 0 saturated carbocycles. The Balaban J connectivity index is 0.00000176. The molecule has 124 valence electrons. The van der Waals surface area contributed by atoms with Crippen LogP contribution in [0.4, 0.5) is 0 Å². The summed E-state index contributed by atoms with van der Waals surface area (Å²) in [5.74, 6) is 2.86. The maximum Gasteiger partial charge on any atom is 0.231 e. The van der Waals surface area contributed by atoms with Crippen LogP contribution in [0.1, 0.15) is 19.8 Å². The first kappa shape index (κ1) is 17.2. The molecule has 2 atom stereocenters. The van der Waals surface area contributed by atoms with Crippen LogP contribution in [0.15, 0.2) is 18.2 Å². The Morgan fingerprint density at radius 2 is 2.18 bits per heavy atom. The highest BCUT2D eigenvalue weighted by atomic mass is 35.5. The summed E-state index contributed by atoms with van der Waals surface area (Å²) in [6.45, 7) is 5.64. The number of halogens is 1. The number of benzene rings is 1. The lowest BCUT2D eigenvalue weighted by molar-refractivity contribution is 0.0536. The normalized spacial score (nSPS) is 22.0. The summed E-state index contributed by atoms with van der Waals surface area (Å²) in [6.07, 6.45) is 2.04. The van der Waals surface area contributed by atoms with Crippen molar-refractivity contribution in [1.29, 1.82) is 0 Å².